The second kappa shape index (κ2) is 8.20. The summed E-state index contributed by atoms with van der Waals surface area (Å²) in [7, 11) is 3.31. The number of piperidine rings is 1. The molecule has 27 heavy (non-hydrogen) atoms. The number of methoxy groups -OCH3 is 2. The van der Waals surface area contributed by atoms with Crippen molar-refractivity contribution in [1.82, 2.24) is 5.32 Å². The first-order valence-electron chi connectivity index (χ1n) is 9.05. The standard InChI is InChI=1S/C21H26N2O4/c1-26-17-7-5-6-16(14-17)21(15-22-20(24)25)10-12-23(13-11-21)18-8-3-4-9-19(18)27-2/h3-9,14,22H,10-13,15H2,1-2H3,(H,24,25)/p-1. The van der Waals surface area contributed by atoms with E-state index in [1.807, 2.05) is 42.5 Å². The third kappa shape index (κ3) is 4.10. The van der Waals surface area contributed by atoms with Crippen molar-refractivity contribution >= 4 is 11.8 Å². The van der Waals surface area contributed by atoms with Crippen molar-refractivity contribution in [3.63, 3.8) is 0 Å². The number of benzene rings is 2. The molecule has 144 valence electrons. The number of carbonyl (C=O) groups is 1. The van der Waals surface area contributed by atoms with Crippen molar-refractivity contribution < 1.29 is 19.4 Å². The predicted octanol–water partition coefficient (Wildman–Crippen LogP) is 2.17. The van der Waals surface area contributed by atoms with Crippen molar-refractivity contribution in [3.05, 3.63) is 54.1 Å². The first-order valence-corrected chi connectivity index (χ1v) is 9.05. The largest absolute Gasteiger partial charge is 0.530 e. The van der Waals surface area contributed by atoms with Gasteiger partial charge >= 0.3 is 0 Å². The highest BCUT2D eigenvalue weighted by atomic mass is 16.5. The Bertz CT molecular complexity index is 785. The molecule has 1 fully saturated rings. The van der Waals surface area contributed by atoms with Crippen LogP contribution in [0.4, 0.5) is 10.5 Å². The van der Waals surface area contributed by atoms with Gasteiger partial charge in [-0.3, -0.25) is 0 Å². The van der Waals surface area contributed by atoms with E-state index in [9.17, 15) is 9.90 Å². The molecular weight excluding hydrogens is 344 g/mol. The lowest BCUT2D eigenvalue weighted by Gasteiger charge is -2.43. The zero-order chi connectivity index (χ0) is 19.3. The van der Waals surface area contributed by atoms with Crippen LogP contribution in [0.2, 0.25) is 0 Å². The van der Waals surface area contributed by atoms with E-state index in [2.05, 4.69) is 16.3 Å². The van der Waals surface area contributed by atoms with Gasteiger partial charge in [-0.25, -0.2) is 0 Å². The Morgan fingerprint density at radius 2 is 1.85 bits per heavy atom. The number of amides is 1. The van der Waals surface area contributed by atoms with Gasteiger partial charge in [0.1, 0.15) is 17.6 Å². The van der Waals surface area contributed by atoms with Crippen molar-refractivity contribution in [2.75, 3.05) is 38.8 Å². The van der Waals surface area contributed by atoms with Gasteiger partial charge in [0.2, 0.25) is 0 Å². The molecule has 1 heterocycles. The minimum Gasteiger partial charge on any atom is -0.530 e. The Hall–Kier alpha value is -2.89. The van der Waals surface area contributed by atoms with Crippen LogP contribution >= 0.6 is 0 Å². The van der Waals surface area contributed by atoms with Crippen LogP contribution in [-0.4, -0.2) is 39.9 Å². The normalized spacial score (nSPS) is 15.9. The summed E-state index contributed by atoms with van der Waals surface area (Å²) in [5, 5.41) is 13.5. The highest BCUT2D eigenvalue weighted by Gasteiger charge is 2.37. The number of nitrogens with one attached hydrogen (secondary N) is 1. The van der Waals surface area contributed by atoms with E-state index < -0.39 is 6.09 Å². The number of hydrogen-bond donors (Lipinski definition) is 1. The maximum Gasteiger partial charge on any atom is 0.142 e. The molecule has 0 spiro atoms. The van der Waals surface area contributed by atoms with Crippen LogP contribution < -0.4 is 24.8 Å². The van der Waals surface area contributed by atoms with Gasteiger partial charge in [0.05, 0.1) is 19.9 Å². The van der Waals surface area contributed by atoms with E-state index in [0.717, 1.165) is 48.7 Å². The number of rotatable bonds is 6. The molecule has 6 nitrogen and oxygen atoms in total. The second-order valence-corrected chi connectivity index (χ2v) is 6.81. The summed E-state index contributed by atoms with van der Waals surface area (Å²) in [5.41, 5.74) is 1.84. The van der Waals surface area contributed by atoms with E-state index in [0.29, 0.717) is 6.54 Å². The molecule has 1 aliphatic heterocycles. The number of para-hydroxylation sites is 2. The smallest absolute Gasteiger partial charge is 0.142 e. The van der Waals surface area contributed by atoms with Crippen molar-refractivity contribution in [3.8, 4) is 11.5 Å². The Morgan fingerprint density at radius 1 is 1.11 bits per heavy atom. The molecule has 2 aromatic rings. The molecule has 0 atom stereocenters. The van der Waals surface area contributed by atoms with Crippen LogP contribution in [0.15, 0.2) is 48.5 Å². The molecule has 2 aromatic carbocycles. The summed E-state index contributed by atoms with van der Waals surface area (Å²) in [5.74, 6) is 1.62. The average Bonchev–Trinajstić information content (AvgIpc) is 2.72. The molecule has 0 unspecified atom stereocenters. The Balaban J connectivity index is 1.85. The highest BCUT2D eigenvalue weighted by molar-refractivity contribution is 5.62. The monoisotopic (exact) mass is 369 g/mol. The van der Waals surface area contributed by atoms with E-state index in [4.69, 9.17) is 9.47 Å². The third-order valence-corrected chi connectivity index (χ3v) is 5.40. The van der Waals surface area contributed by atoms with Gasteiger partial charge in [-0.1, -0.05) is 24.3 Å². The second-order valence-electron chi connectivity index (χ2n) is 6.81. The summed E-state index contributed by atoms with van der Waals surface area (Å²) in [6.07, 6.45) is 0.362. The van der Waals surface area contributed by atoms with Crippen LogP contribution in [0, 0.1) is 0 Å². The number of ether oxygens (including phenoxy) is 2. The first-order chi connectivity index (χ1) is 13.1. The van der Waals surface area contributed by atoms with Gasteiger partial charge in [0, 0.05) is 25.0 Å². The van der Waals surface area contributed by atoms with E-state index in [1.165, 1.54) is 0 Å². The topological polar surface area (TPSA) is 73.9 Å². The van der Waals surface area contributed by atoms with E-state index in [1.54, 1.807) is 14.2 Å². The molecule has 3 rings (SSSR count). The van der Waals surface area contributed by atoms with Gasteiger partial charge in [0.25, 0.3) is 0 Å². The van der Waals surface area contributed by atoms with Crippen LogP contribution in [0.5, 0.6) is 11.5 Å². The molecule has 0 saturated carbocycles. The van der Waals surface area contributed by atoms with Gasteiger partial charge in [-0.05, 0) is 42.7 Å². The summed E-state index contributed by atoms with van der Waals surface area (Å²) in [6, 6.07) is 15.8. The fraction of sp³-hybridized carbons (Fsp3) is 0.381. The molecular formula is C21H25N2O4-. The fourth-order valence-electron chi connectivity index (χ4n) is 3.83. The lowest BCUT2D eigenvalue weighted by molar-refractivity contribution is -0.251. The predicted molar refractivity (Wildman–Crippen MR) is 103 cm³/mol. The summed E-state index contributed by atoms with van der Waals surface area (Å²) < 4.78 is 10.8. The number of nitrogens with zero attached hydrogens (tertiary/aromatic N) is 1. The molecule has 6 heteroatoms. The van der Waals surface area contributed by atoms with Crippen molar-refractivity contribution in [1.29, 1.82) is 0 Å². The average molecular weight is 369 g/mol. The molecule has 1 N–H and O–H groups in total. The Morgan fingerprint density at radius 3 is 2.52 bits per heavy atom. The van der Waals surface area contributed by atoms with Gasteiger partial charge in [-0.15, -0.1) is 0 Å². The lowest BCUT2D eigenvalue weighted by Crippen LogP contribution is -2.51. The fourth-order valence-corrected chi connectivity index (χ4v) is 3.83. The highest BCUT2D eigenvalue weighted by Crippen LogP contribution is 2.39. The number of anilines is 1. The number of hydrogen-bond acceptors (Lipinski definition) is 5. The van der Waals surface area contributed by atoms with Gasteiger partial charge in [-0.2, -0.15) is 0 Å². The minimum atomic E-state index is -1.25. The summed E-state index contributed by atoms with van der Waals surface area (Å²) >= 11 is 0. The minimum absolute atomic E-state index is 0.298. The molecule has 0 bridgehead atoms. The molecule has 1 aliphatic rings. The molecule has 0 radical (unpaired) electrons. The van der Waals surface area contributed by atoms with Crippen molar-refractivity contribution in [2.45, 2.75) is 18.3 Å². The van der Waals surface area contributed by atoms with Crippen molar-refractivity contribution in [2.24, 2.45) is 0 Å². The maximum atomic E-state index is 11.0. The van der Waals surface area contributed by atoms with Crippen LogP contribution in [0.25, 0.3) is 0 Å². The zero-order valence-electron chi connectivity index (χ0n) is 15.7. The van der Waals surface area contributed by atoms with Gasteiger partial charge < -0.3 is 29.6 Å². The zero-order valence-corrected chi connectivity index (χ0v) is 15.7. The van der Waals surface area contributed by atoms with E-state index >= 15 is 0 Å². The Kier molecular flexibility index (Phi) is 5.74. The van der Waals surface area contributed by atoms with E-state index in [-0.39, 0.29) is 5.41 Å². The van der Waals surface area contributed by atoms with Crippen LogP contribution in [0.1, 0.15) is 18.4 Å². The molecule has 0 aromatic heterocycles. The summed E-state index contributed by atoms with van der Waals surface area (Å²) in [6.45, 7) is 1.92. The number of carboxylic acid groups (broad SMARTS) is 1. The van der Waals surface area contributed by atoms with Gasteiger partial charge in [0.15, 0.2) is 0 Å². The molecule has 1 amide bonds. The molecule has 1 saturated heterocycles. The first kappa shape index (κ1) is 18.9. The lowest BCUT2D eigenvalue weighted by atomic mass is 9.72. The quantitative estimate of drug-likeness (QED) is 0.845. The SMILES string of the molecule is COc1cccc(C2(CNC(=O)[O-])CCN(c3ccccc3OC)CC2)c1. The van der Waals surface area contributed by atoms with Crippen LogP contribution in [0.3, 0.4) is 0 Å². The molecule has 0 aliphatic carbocycles. The number of carbonyl (C=O) groups excluding carboxylic acids is 1. The third-order valence-electron chi connectivity index (χ3n) is 5.40. The Labute approximate surface area is 159 Å². The maximum absolute atomic E-state index is 11.0. The van der Waals surface area contributed by atoms with Crippen LogP contribution in [-0.2, 0) is 5.41 Å². The summed E-state index contributed by atoms with van der Waals surface area (Å²) in [4.78, 5) is 13.3.